The highest BCUT2D eigenvalue weighted by molar-refractivity contribution is 7.07. The molecule has 0 bridgehead atoms. The van der Waals surface area contributed by atoms with E-state index >= 15 is 0 Å². The van der Waals surface area contributed by atoms with Crippen molar-refractivity contribution < 1.29 is 14.3 Å². The second-order valence-corrected chi connectivity index (χ2v) is 8.51. The largest absolute Gasteiger partial charge is 0.497 e. The van der Waals surface area contributed by atoms with Crippen LogP contribution in [0.2, 0.25) is 5.02 Å². The average molecular weight is 469 g/mol. The Morgan fingerprint density at radius 1 is 1.22 bits per heavy atom. The number of aromatic nitrogens is 1. The predicted molar refractivity (Wildman–Crippen MR) is 125 cm³/mol. The molecule has 1 aromatic heterocycles. The molecule has 0 N–H and O–H groups in total. The van der Waals surface area contributed by atoms with E-state index in [1.807, 2.05) is 30.3 Å². The molecule has 0 amide bonds. The third kappa shape index (κ3) is 4.01. The van der Waals surface area contributed by atoms with E-state index in [2.05, 4.69) is 4.99 Å². The van der Waals surface area contributed by atoms with Crippen LogP contribution in [0.5, 0.6) is 5.75 Å². The molecule has 8 heteroatoms. The fourth-order valence-electron chi connectivity index (χ4n) is 3.63. The molecule has 2 heterocycles. The molecule has 3 aromatic rings. The zero-order valence-corrected chi connectivity index (χ0v) is 19.4. The van der Waals surface area contributed by atoms with Crippen molar-refractivity contribution in [3.8, 4) is 5.75 Å². The summed E-state index contributed by atoms with van der Waals surface area (Å²) in [6.45, 7) is 3.73. The fourth-order valence-corrected chi connectivity index (χ4v) is 4.85. The number of hydrogen-bond acceptors (Lipinski definition) is 6. The van der Waals surface area contributed by atoms with Gasteiger partial charge in [0.2, 0.25) is 0 Å². The molecule has 32 heavy (non-hydrogen) atoms. The van der Waals surface area contributed by atoms with E-state index in [9.17, 15) is 9.59 Å². The van der Waals surface area contributed by atoms with Gasteiger partial charge < -0.3 is 9.47 Å². The number of methoxy groups -OCH3 is 1. The lowest BCUT2D eigenvalue weighted by atomic mass is 9.96. The second-order valence-electron chi connectivity index (χ2n) is 7.10. The van der Waals surface area contributed by atoms with E-state index in [0.29, 0.717) is 31.4 Å². The van der Waals surface area contributed by atoms with E-state index in [1.165, 1.54) is 11.3 Å². The minimum absolute atomic E-state index is 0.224. The number of thiazole rings is 1. The zero-order valence-electron chi connectivity index (χ0n) is 17.8. The summed E-state index contributed by atoms with van der Waals surface area (Å²) in [7, 11) is 1.58. The number of hydrogen-bond donors (Lipinski definition) is 0. The van der Waals surface area contributed by atoms with Gasteiger partial charge >= 0.3 is 5.97 Å². The summed E-state index contributed by atoms with van der Waals surface area (Å²) < 4.78 is 12.6. The molecule has 0 aliphatic carbocycles. The number of ether oxygens (including phenoxy) is 2. The smallest absolute Gasteiger partial charge is 0.338 e. The Labute approximate surface area is 193 Å². The van der Waals surface area contributed by atoms with E-state index in [-0.39, 0.29) is 12.2 Å². The first-order chi connectivity index (χ1) is 15.4. The third-order valence-electron chi connectivity index (χ3n) is 5.14. The van der Waals surface area contributed by atoms with Crippen molar-refractivity contribution in [2.75, 3.05) is 13.7 Å². The first kappa shape index (κ1) is 22.0. The standard InChI is InChI=1S/C24H21ClN2O4S/c1-4-31-23(29)20-14(2)26-24-27(21(20)15-9-11-17(30-3)12-10-15)22(28)19(32-24)13-16-7-5-6-8-18(16)25/h5-13,21H,4H2,1-3H3/b19-13+/t21-/m1/s1. The van der Waals surface area contributed by atoms with Crippen LogP contribution >= 0.6 is 22.9 Å². The number of carbonyl (C=O) groups excluding carboxylic acids is 1. The van der Waals surface area contributed by atoms with Gasteiger partial charge in [0, 0.05) is 5.02 Å². The van der Waals surface area contributed by atoms with E-state index in [0.717, 1.165) is 11.1 Å². The molecule has 6 nitrogen and oxygen atoms in total. The van der Waals surface area contributed by atoms with E-state index in [4.69, 9.17) is 21.1 Å². The van der Waals surface area contributed by atoms with Gasteiger partial charge in [0.15, 0.2) is 4.80 Å². The number of carbonyl (C=O) groups is 1. The summed E-state index contributed by atoms with van der Waals surface area (Å²) in [5.74, 6) is 0.188. The molecule has 0 saturated carbocycles. The molecule has 0 spiro atoms. The van der Waals surface area contributed by atoms with Gasteiger partial charge in [0.25, 0.3) is 5.56 Å². The third-order valence-corrected chi connectivity index (χ3v) is 6.47. The Morgan fingerprint density at radius 3 is 2.59 bits per heavy atom. The summed E-state index contributed by atoms with van der Waals surface area (Å²) in [5.41, 5.74) is 2.11. The first-order valence-electron chi connectivity index (χ1n) is 10.0. The monoisotopic (exact) mass is 468 g/mol. The maximum absolute atomic E-state index is 13.5. The number of rotatable bonds is 5. The number of nitrogens with zero attached hydrogens (tertiary/aromatic N) is 2. The molecule has 0 radical (unpaired) electrons. The molecular weight excluding hydrogens is 448 g/mol. The zero-order chi connectivity index (χ0) is 22.8. The normalized spacial score (nSPS) is 15.9. The molecule has 164 valence electrons. The Hall–Kier alpha value is -3.16. The van der Waals surface area contributed by atoms with Crippen molar-refractivity contribution in [1.29, 1.82) is 0 Å². The molecule has 1 aliphatic heterocycles. The highest BCUT2D eigenvalue weighted by Crippen LogP contribution is 2.31. The maximum atomic E-state index is 13.5. The summed E-state index contributed by atoms with van der Waals surface area (Å²) in [4.78, 5) is 31.5. The number of halogens is 1. The second kappa shape index (κ2) is 9.14. The molecule has 2 aromatic carbocycles. The van der Waals surface area contributed by atoms with Crippen LogP contribution in [-0.4, -0.2) is 24.3 Å². The van der Waals surface area contributed by atoms with Gasteiger partial charge in [-0.25, -0.2) is 9.79 Å². The summed E-state index contributed by atoms with van der Waals surface area (Å²) in [6.07, 6.45) is 1.75. The van der Waals surface area contributed by atoms with Gasteiger partial charge in [0.1, 0.15) is 5.75 Å². The molecule has 0 fully saturated rings. The highest BCUT2D eigenvalue weighted by Gasteiger charge is 2.33. The quantitative estimate of drug-likeness (QED) is 0.538. The maximum Gasteiger partial charge on any atom is 0.338 e. The van der Waals surface area contributed by atoms with Gasteiger partial charge in [-0.05, 0) is 49.2 Å². The number of benzene rings is 2. The van der Waals surface area contributed by atoms with Gasteiger partial charge in [-0.2, -0.15) is 0 Å². The summed E-state index contributed by atoms with van der Waals surface area (Å²) >= 11 is 7.55. The lowest BCUT2D eigenvalue weighted by molar-refractivity contribution is -0.139. The van der Waals surface area contributed by atoms with Crippen LogP contribution in [0.4, 0.5) is 0 Å². The van der Waals surface area contributed by atoms with Crippen LogP contribution in [0.15, 0.2) is 69.6 Å². The Balaban J connectivity index is 1.96. The summed E-state index contributed by atoms with van der Waals surface area (Å²) in [5, 5.41) is 0.549. The Bertz CT molecular complexity index is 1390. The molecule has 0 unspecified atom stereocenters. The van der Waals surface area contributed by atoms with Gasteiger partial charge in [-0.1, -0.05) is 53.3 Å². The predicted octanol–water partition coefficient (Wildman–Crippen LogP) is 3.46. The SMILES string of the molecule is CCOC(=O)C1=C(C)N=c2s/c(=C/c3ccccc3Cl)c(=O)n2[C@@H]1c1ccc(OC)cc1. The lowest BCUT2D eigenvalue weighted by Crippen LogP contribution is -2.39. The average Bonchev–Trinajstić information content (AvgIpc) is 3.09. The van der Waals surface area contributed by atoms with Crippen LogP contribution in [-0.2, 0) is 9.53 Å². The number of esters is 1. The molecule has 1 atom stereocenters. The molecule has 4 rings (SSSR count). The number of fused-ring (bicyclic) bond motifs is 1. The van der Waals surface area contributed by atoms with Crippen LogP contribution in [0, 0.1) is 0 Å². The fraction of sp³-hybridized carbons (Fsp3) is 0.208. The van der Waals surface area contributed by atoms with Crippen molar-refractivity contribution in [1.82, 2.24) is 4.57 Å². The van der Waals surface area contributed by atoms with E-state index < -0.39 is 12.0 Å². The number of allylic oxidation sites excluding steroid dienone is 1. The first-order valence-corrected chi connectivity index (χ1v) is 11.2. The Morgan fingerprint density at radius 2 is 1.94 bits per heavy atom. The van der Waals surface area contributed by atoms with Crippen molar-refractivity contribution in [3.63, 3.8) is 0 Å². The van der Waals surface area contributed by atoms with Gasteiger partial charge in [0.05, 0.1) is 35.6 Å². The topological polar surface area (TPSA) is 69.9 Å². The highest BCUT2D eigenvalue weighted by atomic mass is 35.5. The Kier molecular flexibility index (Phi) is 6.30. The van der Waals surface area contributed by atoms with Crippen LogP contribution in [0.1, 0.15) is 31.0 Å². The minimum Gasteiger partial charge on any atom is -0.497 e. The van der Waals surface area contributed by atoms with Crippen molar-refractivity contribution in [2.45, 2.75) is 19.9 Å². The van der Waals surface area contributed by atoms with Crippen LogP contribution < -0.4 is 19.6 Å². The van der Waals surface area contributed by atoms with Gasteiger partial charge in [-0.3, -0.25) is 9.36 Å². The van der Waals surface area contributed by atoms with E-state index in [1.54, 1.807) is 49.8 Å². The van der Waals surface area contributed by atoms with Crippen molar-refractivity contribution in [2.24, 2.45) is 4.99 Å². The van der Waals surface area contributed by atoms with Crippen LogP contribution in [0.3, 0.4) is 0 Å². The van der Waals surface area contributed by atoms with Crippen molar-refractivity contribution >= 4 is 35.0 Å². The molecular formula is C24H21ClN2O4S. The van der Waals surface area contributed by atoms with Gasteiger partial charge in [-0.15, -0.1) is 0 Å². The van der Waals surface area contributed by atoms with Crippen molar-refractivity contribution in [3.05, 3.63) is 95.6 Å². The lowest BCUT2D eigenvalue weighted by Gasteiger charge is -2.24. The van der Waals surface area contributed by atoms with Crippen LogP contribution in [0.25, 0.3) is 6.08 Å². The summed E-state index contributed by atoms with van der Waals surface area (Å²) in [6, 6.07) is 13.9. The molecule has 1 aliphatic rings. The minimum atomic E-state index is -0.662. The molecule has 0 saturated heterocycles.